The first-order valence-electron chi connectivity index (χ1n) is 8.64. The molecule has 1 heterocycles. The van der Waals surface area contributed by atoms with E-state index in [1.165, 1.54) is 12.1 Å². The molecule has 2 N–H and O–H groups in total. The van der Waals surface area contributed by atoms with Crippen molar-refractivity contribution >= 4 is 5.91 Å². The molecule has 0 saturated heterocycles. The standard InChI is InChI=1S/C19H24FN3O2/c1-23-12-15(11-22-23)9-18(25)21-13-19(8-2-3-17(19)24)10-14-4-6-16(20)7-5-14/h4-7,11-12,17,24H,2-3,8-10,13H2,1H3,(H,21,25)/t17-,19-/m0/s1. The van der Waals surface area contributed by atoms with Gasteiger partial charge in [0.05, 0.1) is 18.7 Å². The molecule has 3 rings (SSSR count). The molecule has 1 aliphatic carbocycles. The van der Waals surface area contributed by atoms with Crippen LogP contribution >= 0.6 is 0 Å². The summed E-state index contributed by atoms with van der Waals surface area (Å²) in [4.78, 5) is 12.2. The second-order valence-electron chi connectivity index (χ2n) is 7.05. The normalized spacial score (nSPS) is 22.9. The van der Waals surface area contributed by atoms with Crippen LogP contribution in [0.2, 0.25) is 0 Å². The number of benzene rings is 1. The Kier molecular flexibility index (Phi) is 5.18. The van der Waals surface area contributed by atoms with E-state index in [1.807, 2.05) is 13.2 Å². The van der Waals surface area contributed by atoms with Crippen molar-refractivity contribution in [1.82, 2.24) is 15.1 Å². The van der Waals surface area contributed by atoms with E-state index in [2.05, 4.69) is 10.4 Å². The molecule has 2 atom stereocenters. The largest absolute Gasteiger partial charge is 0.392 e. The number of halogens is 1. The summed E-state index contributed by atoms with van der Waals surface area (Å²) in [6.07, 6.45) is 6.45. The number of aromatic nitrogens is 2. The molecule has 1 saturated carbocycles. The van der Waals surface area contributed by atoms with Gasteiger partial charge < -0.3 is 10.4 Å². The SMILES string of the molecule is Cn1cc(CC(=O)NC[C@@]2(Cc3ccc(F)cc3)CCC[C@@H]2O)cn1. The lowest BCUT2D eigenvalue weighted by Crippen LogP contribution is -2.44. The van der Waals surface area contributed by atoms with Gasteiger partial charge in [0, 0.05) is 25.2 Å². The molecule has 6 heteroatoms. The van der Waals surface area contributed by atoms with Gasteiger partial charge in [-0.1, -0.05) is 18.6 Å². The molecule has 134 valence electrons. The van der Waals surface area contributed by atoms with E-state index >= 15 is 0 Å². The van der Waals surface area contributed by atoms with Gasteiger partial charge in [0.2, 0.25) is 5.91 Å². The van der Waals surface area contributed by atoms with Crippen molar-refractivity contribution in [1.29, 1.82) is 0 Å². The van der Waals surface area contributed by atoms with Crippen molar-refractivity contribution in [2.24, 2.45) is 12.5 Å². The maximum Gasteiger partial charge on any atom is 0.224 e. The van der Waals surface area contributed by atoms with Gasteiger partial charge in [0.25, 0.3) is 0 Å². The second kappa shape index (κ2) is 7.35. The summed E-state index contributed by atoms with van der Waals surface area (Å²) in [6, 6.07) is 6.37. The van der Waals surface area contributed by atoms with Crippen molar-refractivity contribution in [2.45, 2.75) is 38.2 Å². The first-order chi connectivity index (χ1) is 12.0. The number of aliphatic hydroxyl groups excluding tert-OH is 1. The molecule has 1 aromatic carbocycles. The average molecular weight is 345 g/mol. The lowest BCUT2D eigenvalue weighted by molar-refractivity contribution is -0.121. The van der Waals surface area contributed by atoms with Crippen LogP contribution in [0.4, 0.5) is 4.39 Å². The van der Waals surface area contributed by atoms with Crippen molar-refractivity contribution in [3.8, 4) is 0 Å². The van der Waals surface area contributed by atoms with Crippen LogP contribution in [0.25, 0.3) is 0 Å². The zero-order valence-corrected chi connectivity index (χ0v) is 14.4. The molecule has 0 spiro atoms. The van der Waals surface area contributed by atoms with Crippen LogP contribution in [-0.2, 0) is 24.7 Å². The Labute approximate surface area is 146 Å². The maximum absolute atomic E-state index is 13.1. The number of nitrogens with zero attached hydrogens (tertiary/aromatic N) is 2. The Morgan fingerprint density at radius 2 is 2.16 bits per heavy atom. The third-order valence-corrected chi connectivity index (χ3v) is 5.09. The predicted molar refractivity (Wildman–Crippen MR) is 92.3 cm³/mol. The van der Waals surface area contributed by atoms with E-state index in [1.54, 1.807) is 23.0 Å². The Bertz CT molecular complexity index is 729. The predicted octanol–water partition coefficient (Wildman–Crippen LogP) is 1.99. The highest BCUT2D eigenvalue weighted by atomic mass is 19.1. The lowest BCUT2D eigenvalue weighted by Gasteiger charge is -2.33. The Hall–Kier alpha value is -2.21. The topological polar surface area (TPSA) is 67.2 Å². The lowest BCUT2D eigenvalue weighted by atomic mass is 9.78. The van der Waals surface area contributed by atoms with Gasteiger partial charge >= 0.3 is 0 Å². The zero-order chi connectivity index (χ0) is 17.9. The van der Waals surface area contributed by atoms with E-state index in [0.29, 0.717) is 13.0 Å². The van der Waals surface area contributed by atoms with E-state index in [0.717, 1.165) is 30.4 Å². The number of carbonyl (C=O) groups excluding carboxylic acids is 1. The zero-order valence-electron chi connectivity index (χ0n) is 14.4. The van der Waals surface area contributed by atoms with Crippen molar-refractivity contribution in [3.05, 3.63) is 53.6 Å². The summed E-state index contributed by atoms with van der Waals surface area (Å²) >= 11 is 0. The molecule has 2 aromatic rings. The molecule has 0 unspecified atom stereocenters. The molecular formula is C19H24FN3O2. The molecule has 0 bridgehead atoms. The first-order valence-corrected chi connectivity index (χ1v) is 8.64. The number of amides is 1. The van der Waals surface area contributed by atoms with Gasteiger partial charge in [-0.2, -0.15) is 5.10 Å². The highest BCUT2D eigenvalue weighted by molar-refractivity contribution is 5.78. The van der Waals surface area contributed by atoms with Gasteiger partial charge in [-0.15, -0.1) is 0 Å². The fourth-order valence-corrected chi connectivity index (χ4v) is 3.69. The molecule has 5 nitrogen and oxygen atoms in total. The van der Waals surface area contributed by atoms with Crippen LogP contribution in [0.3, 0.4) is 0 Å². The highest BCUT2D eigenvalue weighted by Gasteiger charge is 2.42. The monoisotopic (exact) mass is 345 g/mol. The molecule has 1 aliphatic rings. The van der Waals surface area contributed by atoms with E-state index < -0.39 is 6.10 Å². The summed E-state index contributed by atoms with van der Waals surface area (Å²) in [6.45, 7) is 0.421. The number of nitrogens with one attached hydrogen (secondary N) is 1. The number of carbonyl (C=O) groups is 1. The minimum absolute atomic E-state index is 0.0782. The smallest absolute Gasteiger partial charge is 0.224 e. The molecule has 1 amide bonds. The Balaban J connectivity index is 1.64. The average Bonchev–Trinajstić information content (AvgIpc) is 3.14. The maximum atomic E-state index is 13.1. The fraction of sp³-hybridized carbons (Fsp3) is 0.474. The van der Waals surface area contributed by atoms with E-state index in [4.69, 9.17) is 0 Å². The highest BCUT2D eigenvalue weighted by Crippen LogP contribution is 2.40. The van der Waals surface area contributed by atoms with Crippen molar-refractivity contribution < 1.29 is 14.3 Å². The summed E-state index contributed by atoms with van der Waals surface area (Å²) in [7, 11) is 1.81. The molecule has 0 aliphatic heterocycles. The third kappa shape index (κ3) is 4.25. The summed E-state index contributed by atoms with van der Waals surface area (Å²) < 4.78 is 14.8. The number of rotatable bonds is 6. The van der Waals surface area contributed by atoms with Gasteiger partial charge in [-0.05, 0) is 42.5 Å². The summed E-state index contributed by atoms with van der Waals surface area (Å²) in [5.41, 5.74) is 1.45. The molecule has 0 radical (unpaired) electrons. The Morgan fingerprint density at radius 1 is 1.40 bits per heavy atom. The van der Waals surface area contributed by atoms with Gasteiger partial charge in [-0.25, -0.2) is 4.39 Å². The molecule has 1 aromatic heterocycles. The second-order valence-corrected chi connectivity index (χ2v) is 7.05. The number of aliphatic hydroxyl groups is 1. The number of hydrogen-bond donors (Lipinski definition) is 2. The number of hydrogen-bond acceptors (Lipinski definition) is 3. The van der Waals surface area contributed by atoms with Crippen molar-refractivity contribution in [3.63, 3.8) is 0 Å². The minimum atomic E-state index is -0.462. The molecule has 25 heavy (non-hydrogen) atoms. The molecule has 1 fully saturated rings. The van der Waals surface area contributed by atoms with Gasteiger partial charge in [-0.3, -0.25) is 9.48 Å². The number of aryl methyl sites for hydroxylation is 1. The quantitative estimate of drug-likeness (QED) is 0.841. The van der Waals surface area contributed by atoms with Crippen LogP contribution in [0.15, 0.2) is 36.7 Å². The minimum Gasteiger partial charge on any atom is -0.392 e. The van der Waals surface area contributed by atoms with Gasteiger partial charge in [0.15, 0.2) is 0 Å². The van der Waals surface area contributed by atoms with E-state index in [-0.39, 0.29) is 23.6 Å². The van der Waals surface area contributed by atoms with Crippen LogP contribution in [0.1, 0.15) is 30.4 Å². The summed E-state index contributed by atoms with van der Waals surface area (Å²) in [5, 5.41) is 17.6. The molecular weight excluding hydrogens is 321 g/mol. The Morgan fingerprint density at radius 3 is 2.76 bits per heavy atom. The van der Waals surface area contributed by atoms with E-state index in [9.17, 15) is 14.3 Å². The van der Waals surface area contributed by atoms with Crippen LogP contribution in [0, 0.1) is 11.2 Å². The van der Waals surface area contributed by atoms with Crippen LogP contribution in [-0.4, -0.2) is 33.4 Å². The third-order valence-electron chi connectivity index (χ3n) is 5.09. The van der Waals surface area contributed by atoms with Crippen LogP contribution in [0.5, 0.6) is 0 Å². The summed E-state index contributed by atoms with van der Waals surface area (Å²) in [5.74, 6) is -0.347. The van der Waals surface area contributed by atoms with Crippen molar-refractivity contribution in [2.75, 3.05) is 6.54 Å². The fourth-order valence-electron chi connectivity index (χ4n) is 3.69. The van der Waals surface area contributed by atoms with Gasteiger partial charge in [0.1, 0.15) is 5.82 Å². The van der Waals surface area contributed by atoms with Crippen LogP contribution < -0.4 is 5.32 Å². The first kappa shape index (κ1) is 17.6.